The maximum absolute atomic E-state index is 12.9. The Morgan fingerprint density at radius 1 is 1.38 bits per heavy atom. The van der Waals surface area contributed by atoms with Crippen LogP contribution in [0.25, 0.3) is 5.57 Å². The monoisotopic (exact) mass is 294 g/mol. The predicted molar refractivity (Wildman–Crippen MR) is 70.8 cm³/mol. The van der Waals surface area contributed by atoms with Crippen LogP contribution < -0.4 is 5.32 Å². The van der Waals surface area contributed by atoms with E-state index >= 15 is 0 Å². The molecule has 1 aliphatic rings. The minimum absolute atomic E-state index is 0.0399. The molecule has 1 saturated carbocycles. The number of alkyl halides is 3. The lowest BCUT2D eigenvalue weighted by Gasteiger charge is -2.13. The molecule has 1 amide bonds. The topological polar surface area (TPSA) is 52.9 Å². The molecule has 1 fully saturated rings. The Kier molecular flexibility index (Phi) is 3.77. The number of carbonyl (C=O) groups is 1. The second kappa shape index (κ2) is 5.24. The normalized spacial score (nSPS) is 17.0. The Morgan fingerprint density at radius 3 is 2.52 bits per heavy atom. The molecular weight excluding hydrogens is 281 g/mol. The maximum atomic E-state index is 12.9. The number of benzene rings is 1. The molecule has 0 heterocycles. The van der Waals surface area contributed by atoms with Gasteiger partial charge in [0.1, 0.15) is 5.54 Å². The minimum atomic E-state index is -4.48. The largest absolute Gasteiger partial charge is 0.416 e. The van der Waals surface area contributed by atoms with Crippen molar-refractivity contribution in [3.05, 3.63) is 41.5 Å². The van der Waals surface area contributed by atoms with E-state index in [4.69, 9.17) is 5.26 Å². The molecule has 0 radical (unpaired) electrons. The van der Waals surface area contributed by atoms with Crippen molar-refractivity contribution in [2.45, 2.75) is 31.5 Å². The minimum Gasteiger partial charge on any atom is -0.334 e. The molecule has 3 nitrogen and oxygen atoms in total. The highest BCUT2D eigenvalue weighted by molar-refractivity contribution is 5.96. The predicted octanol–water partition coefficient (Wildman–Crippen LogP) is 3.28. The number of carbonyl (C=O) groups excluding carboxylic acids is 1. The van der Waals surface area contributed by atoms with Gasteiger partial charge in [-0.15, -0.1) is 0 Å². The fraction of sp³-hybridized carbons (Fsp3) is 0.333. The van der Waals surface area contributed by atoms with Crippen LogP contribution in [0.1, 0.15) is 30.9 Å². The SMILES string of the molecule is C/C(=C\C(=O)NC1(C#N)CC1)c1ccccc1C(F)(F)F. The molecule has 0 spiro atoms. The van der Waals surface area contributed by atoms with Crippen molar-refractivity contribution in [1.82, 2.24) is 5.32 Å². The lowest BCUT2D eigenvalue weighted by atomic mass is 10.00. The zero-order valence-corrected chi connectivity index (χ0v) is 11.3. The molecule has 110 valence electrons. The lowest BCUT2D eigenvalue weighted by molar-refractivity contribution is -0.137. The van der Waals surface area contributed by atoms with E-state index in [9.17, 15) is 18.0 Å². The van der Waals surface area contributed by atoms with Gasteiger partial charge < -0.3 is 5.32 Å². The quantitative estimate of drug-likeness (QED) is 0.870. The zero-order chi connectivity index (χ0) is 15.7. The van der Waals surface area contributed by atoms with Crippen molar-refractivity contribution in [3.8, 4) is 6.07 Å². The van der Waals surface area contributed by atoms with Crippen LogP contribution in [0, 0.1) is 11.3 Å². The average Bonchev–Trinajstić information content (AvgIpc) is 3.17. The summed E-state index contributed by atoms with van der Waals surface area (Å²) in [5.41, 5.74) is -1.46. The van der Waals surface area contributed by atoms with E-state index in [1.54, 1.807) is 0 Å². The van der Waals surface area contributed by atoms with Crippen molar-refractivity contribution in [3.63, 3.8) is 0 Å². The van der Waals surface area contributed by atoms with Crippen LogP contribution in [0.15, 0.2) is 30.3 Å². The summed E-state index contributed by atoms with van der Waals surface area (Å²) < 4.78 is 38.7. The molecule has 1 N–H and O–H groups in total. The van der Waals surface area contributed by atoms with Gasteiger partial charge in [-0.25, -0.2) is 0 Å². The summed E-state index contributed by atoms with van der Waals surface area (Å²) in [5, 5.41) is 11.4. The van der Waals surface area contributed by atoms with Crippen LogP contribution in [-0.4, -0.2) is 11.4 Å². The number of nitrogens with one attached hydrogen (secondary N) is 1. The molecule has 0 saturated heterocycles. The van der Waals surface area contributed by atoms with Gasteiger partial charge in [-0.05, 0) is 37.0 Å². The fourth-order valence-electron chi connectivity index (χ4n) is 2.01. The van der Waals surface area contributed by atoms with Crippen LogP contribution >= 0.6 is 0 Å². The highest BCUT2D eigenvalue weighted by Gasteiger charge is 2.44. The third-order valence-electron chi connectivity index (χ3n) is 3.33. The first-order chi connectivity index (χ1) is 9.77. The molecule has 0 aliphatic heterocycles. The molecule has 1 aromatic rings. The fourth-order valence-corrected chi connectivity index (χ4v) is 2.01. The summed E-state index contributed by atoms with van der Waals surface area (Å²) in [7, 11) is 0. The van der Waals surface area contributed by atoms with Crippen LogP contribution in [0.2, 0.25) is 0 Å². The number of amides is 1. The molecule has 0 atom stereocenters. The van der Waals surface area contributed by atoms with Crippen LogP contribution in [-0.2, 0) is 11.0 Å². The number of nitrogens with zero attached hydrogens (tertiary/aromatic N) is 1. The van der Waals surface area contributed by atoms with Gasteiger partial charge in [0.15, 0.2) is 0 Å². The van der Waals surface area contributed by atoms with Crippen molar-refractivity contribution >= 4 is 11.5 Å². The Labute approximate surface area is 120 Å². The molecule has 6 heteroatoms. The second-order valence-electron chi connectivity index (χ2n) is 5.05. The summed E-state index contributed by atoms with van der Waals surface area (Å²) in [6, 6.07) is 7.07. The molecule has 2 rings (SSSR count). The van der Waals surface area contributed by atoms with Gasteiger partial charge >= 0.3 is 6.18 Å². The Morgan fingerprint density at radius 2 is 2.00 bits per heavy atom. The second-order valence-corrected chi connectivity index (χ2v) is 5.05. The average molecular weight is 294 g/mol. The van der Waals surface area contributed by atoms with E-state index in [1.165, 1.54) is 25.1 Å². The van der Waals surface area contributed by atoms with Gasteiger partial charge in [0, 0.05) is 6.08 Å². The number of allylic oxidation sites excluding steroid dienone is 1. The van der Waals surface area contributed by atoms with E-state index in [-0.39, 0.29) is 11.1 Å². The summed E-state index contributed by atoms with van der Waals surface area (Å²) >= 11 is 0. The van der Waals surface area contributed by atoms with Gasteiger partial charge in [-0.3, -0.25) is 4.79 Å². The number of hydrogen-bond acceptors (Lipinski definition) is 2. The van der Waals surface area contributed by atoms with Crippen LogP contribution in [0.5, 0.6) is 0 Å². The summed E-state index contributed by atoms with van der Waals surface area (Å²) in [6.45, 7) is 1.44. The van der Waals surface area contributed by atoms with Gasteiger partial charge in [0.05, 0.1) is 11.6 Å². The van der Waals surface area contributed by atoms with E-state index in [1.807, 2.05) is 6.07 Å². The van der Waals surface area contributed by atoms with E-state index in [2.05, 4.69) is 5.32 Å². The number of hydrogen-bond donors (Lipinski definition) is 1. The molecule has 1 aromatic carbocycles. The Hall–Kier alpha value is -2.29. The molecule has 0 bridgehead atoms. The molecular formula is C15H13F3N2O. The Balaban J connectivity index is 2.24. The first kappa shape index (κ1) is 15.1. The summed E-state index contributed by atoms with van der Waals surface area (Å²) in [4.78, 5) is 11.8. The first-order valence-corrected chi connectivity index (χ1v) is 6.36. The van der Waals surface area contributed by atoms with Crippen molar-refractivity contribution in [2.24, 2.45) is 0 Å². The van der Waals surface area contributed by atoms with Gasteiger partial charge in [0.2, 0.25) is 5.91 Å². The van der Waals surface area contributed by atoms with E-state index in [0.717, 1.165) is 12.1 Å². The third-order valence-corrected chi connectivity index (χ3v) is 3.33. The highest BCUT2D eigenvalue weighted by atomic mass is 19.4. The smallest absolute Gasteiger partial charge is 0.334 e. The lowest BCUT2D eigenvalue weighted by Crippen LogP contribution is -2.34. The summed E-state index contributed by atoms with van der Waals surface area (Å²) in [5.74, 6) is -0.552. The van der Waals surface area contributed by atoms with Crippen molar-refractivity contribution in [2.75, 3.05) is 0 Å². The van der Waals surface area contributed by atoms with Gasteiger partial charge in [0.25, 0.3) is 0 Å². The molecule has 1 aliphatic carbocycles. The van der Waals surface area contributed by atoms with E-state index < -0.39 is 23.2 Å². The van der Waals surface area contributed by atoms with Gasteiger partial charge in [-0.2, -0.15) is 18.4 Å². The zero-order valence-electron chi connectivity index (χ0n) is 11.3. The number of rotatable bonds is 3. The standard InChI is InChI=1S/C15H13F3N2O/c1-10(8-13(21)20-14(9-19)6-7-14)11-4-2-3-5-12(11)15(16,17)18/h2-5,8H,6-7H2,1H3,(H,20,21)/b10-8+. The number of nitriles is 1. The Bertz CT molecular complexity index is 637. The van der Waals surface area contributed by atoms with Crippen molar-refractivity contribution < 1.29 is 18.0 Å². The third kappa shape index (κ3) is 3.43. The van der Waals surface area contributed by atoms with Crippen LogP contribution in [0.3, 0.4) is 0 Å². The van der Waals surface area contributed by atoms with Crippen LogP contribution in [0.4, 0.5) is 13.2 Å². The molecule has 21 heavy (non-hydrogen) atoms. The highest BCUT2D eigenvalue weighted by Crippen LogP contribution is 2.36. The van der Waals surface area contributed by atoms with E-state index in [0.29, 0.717) is 12.8 Å². The maximum Gasteiger partial charge on any atom is 0.416 e. The van der Waals surface area contributed by atoms with Gasteiger partial charge in [-0.1, -0.05) is 18.2 Å². The molecule has 0 aromatic heterocycles. The summed E-state index contributed by atoms with van der Waals surface area (Å²) in [6.07, 6.45) is -2.24. The van der Waals surface area contributed by atoms with Crippen molar-refractivity contribution in [1.29, 1.82) is 5.26 Å². The molecule has 0 unspecified atom stereocenters. The first-order valence-electron chi connectivity index (χ1n) is 6.36. The number of halogens is 3.